The second-order valence-corrected chi connectivity index (χ2v) is 6.76. The van der Waals surface area contributed by atoms with Crippen molar-refractivity contribution >= 4 is 6.09 Å². The van der Waals surface area contributed by atoms with Crippen molar-refractivity contribution in [2.45, 2.75) is 45.4 Å². The van der Waals surface area contributed by atoms with E-state index in [2.05, 4.69) is 15.3 Å². The summed E-state index contributed by atoms with van der Waals surface area (Å²) in [7, 11) is 0. The summed E-state index contributed by atoms with van der Waals surface area (Å²) < 4.78 is 5.24. The Bertz CT molecular complexity index is 783. The molecule has 2 aromatic rings. The van der Waals surface area contributed by atoms with E-state index in [1.807, 2.05) is 75.4 Å². The predicted octanol–water partition coefficient (Wildman–Crippen LogP) is 5.09. The second kappa shape index (κ2) is 8.92. The number of hydrogen-bond acceptors (Lipinski definition) is 3. The number of rotatable bonds is 7. The van der Waals surface area contributed by atoms with Crippen molar-refractivity contribution in [2.24, 2.45) is 5.11 Å². The number of hydrogen-bond donors (Lipinski definition) is 1. The summed E-state index contributed by atoms with van der Waals surface area (Å²) in [5.74, 6) is 0. The summed E-state index contributed by atoms with van der Waals surface area (Å²) in [6.45, 7) is 5.91. The molecule has 0 heterocycles. The van der Waals surface area contributed by atoms with E-state index in [9.17, 15) is 4.79 Å². The fraction of sp³-hybridized carbons (Fsp3) is 0.350. The van der Waals surface area contributed by atoms with Gasteiger partial charge in [-0.25, -0.2) is 4.79 Å². The van der Waals surface area contributed by atoms with Crippen molar-refractivity contribution < 1.29 is 9.53 Å². The lowest BCUT2D eigenvalue weighted by Crippen LogP contribution is -2.34. The highest BCUT2D eigenvalue weighted by molar-refractivity contribution is 5.67. The molecule has 0 saturated carbocycles. The Morgan fingerprint density at radius 3 is 2.58 bits per heavy atom. The van der Waals surface area contributed by atoms with Crippen LogP contribution in [0.3, 0.4) is 0 Å². The van der Waals surface area contributed by atoms with Crippen molar-refractivity contribution in [3.8, 4) is 0 Å². The van der Waals surface area contributed by atoms with Gasteiger partial charge in [0.05, 0.1) is 5.54 Å². The number of benzene rings is 2. The van der Waals surface area contributed by atoms with Gasteiger partial charge in [-0.1, -0.05) is 73.6 Å². The minimum Gasteiger partial charge on any atom is -0.445 e. The highest BCUT2D eigenvalue weighted by atomic mass is 16.5. The first-order valence-corrected chi connectivity index (χ1v) is 8.53. The molecule has 26 heavy (non-hydrogen) atoms. The van der Waals surface area contributed by atoms with Crippen molar-refractivity contribution in [3.05, 3.63) is 81.7 Å². The Kier molecular flexibility index (Phi) is 6.64. The molecule has 0 aromatic heterocycles. The van der Waals surface area contributed by atoms with Gasteiger partial charge in [0.15, 0.2) is 0 Å². The third kappa shape index (κ3) is 5.83. The zero-order valence-corrected chi connectivity index (χ0v) is 15.3. The van der Waals surface area contributed by atoms with E-state index in [0.29, 0.717) is 6.42 Å². The van der Waals surface area contributed by atoms with Crippen LogP contribution < -0.4 is 5.32 Å². The molecule has 0 aliphatic carbocycles. The molecule has 0 radical (unpaired) electrons. The van der Waals surface area contributed by atoms with Crippen LogP contribution in [-0.4, -0.2) is 12.1 Å². The number of amides is 1. The number of nitrogens with one attached hydrogen (secondary N) is 1. The second-order valence-electron chi connectivity index (χ2n) is 6.76. The molecule has 1 amide bonds. The average molecular weight is 352 g/mol. The fourth-order valence-corrected chi connectivity index (χ4v) is 2.62. The van der Waals surface area contributed by atoms with Crippen LogP contribution in [0.4, 0.5) is 4.79 Å². The minimum absolute atomic E-state index is 0.0869. The summed E-state index contributed by atoms with van der Waals surface area (Å²) in [6, 6.07) is 17.3. The van der Waals surface area contributed by atoms with Crippen molar-refractivity contribution in [1.82, 2.24) is 5.32 Å². The Morgan fingerprint density at radius 2 is 1.88 bits per heavy atom. The lowest BCUT2D eigenvalue weighted by Gasteiger charge is -2.20. The number of ether oxygens (including phenoxy) is 1. The van der Waals surface area contributed by atoms with Crippen LogP contribution in [0.1, 0.15) is 37.5 Å². The van der Waals surface area contributed by atoms with E-state index in [-0.39, 0.29) is 12.6 Å². The molecule has 0 spiro atoms. The van der Waals surface area contributed by atoms with Crippen molar-refractivity contribution in [1.29, 1.82) is 0 Å². The summed E-state index contributed by atoms with van der Waals surface area (Å²) in [4.78, 5) is 14.9. The first-order valence-electron chi connectivity index (χ1n) is 8.53. The maximum absolute atomic E-state index is 11.9. The van der Waals surface area contributed by atoms with E-state index < -0.39 is 11.6 Å². The highest BCUT2D eigenvalue weighted by Crippen LogP contribution is 2.25. The molecule has 0 bridgehead atoms. The van der Waals surface area contributed by atoms with Gasteiger partial charge in [-0.3, -0.25) is 0 Å². The molecule has 0 saturated heterocycles. The molecule has 2 aromatic carbocycles. The first-order chi connectivity index (χ1) is 12.4. The lowest BCUT2D eigenvalue weighted by atomic mass is 9.92. The van der Waals surface area contributed by atoms with Gasteiger partial charge in [0.1, 0.15) is 6.61 Å². The largest absolute Gasteiger partial charge is 0.445 e. The van der Waals surface area contributed by atoms with Crippen LogP contribution in [0.25, 0.3) is 10.4 Å². The maximum atomic E-state index is 11.9. The normalized spacial score (nSPS) is 12.0. The zero-order chi connectivity index (χ0) is 19.0. The van der Waals surface area contributed by atoms with Gasteiger partial charge >= 0.3 is 6.09 Å². The summed E-state index contributed by atoms with van der Waals surface area (Å²) in [5, 5.41) is 6.68. The van der Waals surface area contributed by atoms with Gasteiger partial charge in [-0.2, -0.15) is 0 Å². The van der Waals surface area contributed by atoms with Crippen LogP contribution in [0, 0.1) is 0 Å². The lowest BCUT2D eigenvalue weighted by molar-refractivity contribution is 0.136. The first kappa shape index (κ1) is 19.3. The van der Waals surface area contributed by atoms with E-state index in [1.54, 1.807) is 0 Å². The summed E-state index contributed by atoms with van der Waals surface area (Å²) in [5.41, 5.74) is 11.0. The molecule has 0 fully saturated rings. The Labute approximate surface area is 153 Å². The molecule has 1 atom stereocenters. The predicted molar refractivity (Wildman–Crippen MR) is 102 cm³/mol. The molecule has 0 aliphatic heterocycles. The Morgan fingerprint density at radius 1 is 1.19 bits per heavy atom. The third-order valence-electron chi connectivity index (χ3n) is 4.05. The molecule has 2 rings (SSSR count). The molecule has 1 N–H and O–H groups in total. The van der Waals surface area contributed by atoms with Gasteiger partial charge in [-0.15, -0.1) is 0 Å². The number of nitrogens with zero attached hydrogens (tertiary/aromatic N) is 3. The van der Waals surface area contributed by atoms with E-state index in [0.717, 1.165) is 16.7 Å². The van der Waals surface area contributed by atoms with Crippen molar-refractivity contribution in [3.63, 3.8) is 0 Å². The Balaban J connectivity index is 1.90. The molecular formula is C20H24N4O2. The number of azide groups is 1. The zero-order valence-electron chi connectivity index (χ0n) is 15.3. The van der Waals surface area contributed by atoms with Gasteiger partial charge in [0.2, 0.25) is 0 Å². The van der Waals surface area contributed by atoms with Crippen LogP contribution in [0.2, 0.25) is 0 Å². The number of carbonyl (C=O) groups excluding carboxylic acids is 1. The quantitative estimate of drug-likeness (QED) is 0.427. The number of carbonyl (C=O) groups is 1. The SMILES string of the molecule is CC(Cc1cccc(C(C)(C)N=[N+]=[N-])c1)NC(=O)OCc1ccccc1. The fourth-order valence-electron chi connectivity index (χ4n) is 2.62. The summed E-state index contributed by atoms with van der Waals surface area (Å²) >= 11 is 0. The van der Waals surface area contributed by atoms with Crippen LogP contribution >= 0.6 is 0 Å². The van der Waals surface area contributed by atoms with Crippen LogP contribution in [-0.2, 0) is 23.3 Å². The molecule has 136 valence electrons. The topological polar surface area (TPSA) is 87.1 Å². The highest BCUT2D eigenvalue weighted by Gasteiger charge is 2.19. The van der Waals surface area contributed by atoms with E-state index >= 15 is 0 Å². The van der Waals surface area contributed by atoms with E-state index in [1.165, 1.54) is 0 Å². The smallest absolute Gasteiger partial charge is 0.407 e. The monoisotopic (exact) mass is 352 g/mol. The van der Waals surface area contributed by atoms with Crippen LogP contribution in [0.15, 0.2) is 59.7 Å². The molecular weight excluding hydrogens is 328 g/mol. The van der Waals surface area contributed by atoms with Gasteiger partial charge in [0, 0.05) is 11.0 Å². The third-order valence-corrected chi connectivity index (χ3v) is 4.05. The molecule has 0 aliphatic rings. The van der Waals surface area contributed by atoms with Crippen LogP contribution in [0.5, 0.6) is 0 Å². The van der Waals surface area contributed by atoms with Gasteiger partial charge in [-0.05, 0) is 35.6 Å². The maximum Gasteiger partial charge on any atom is 0.407 e. The minimum atomic E-state index is -0.615. The van der Waals surface area contributed by atoms with Crippen molar-refractivity contribution in [2.75, 3.05) is 0 Å². The number of alkyl carbamates (subject to hydrolysis) is 1. The molecule has 6 heteroatoms. The van der Waals surface area contributed by atoms with Gasteiger partial charge < -0.3 is 10.1 Å². The Hall–Kier alpha value is -2.98. The average Bonchev–Trinajstić information content (AvgIpc) is 2.61. The van der Waals surface area contributed by atoms with E-state index in [4.69, 9.17) is 10.3 Å². The standard InChI is InChI=1S/C20H24N4O2/c1-15(22-19(25)26-14-16-8-5-4-6-9-16)12-17-10-7-11-18(13-17)20(2,3)23-24-21/h4-11,13,15H,12,14H2,1-3H3,(H,22,25). The molecule has 6 nitrogen and oxygen atoms in total. The molecule has 1 unspecified atom stereocenters. The van der Waals surface area contributed by atoms with Gasteiger partial charge in [0.25, 0.3) is 0 Å². The summed E-state index contributed by atoms with van der Waals surface area (Å²) in [6.07, 6.45) is 0.215.